The molecule has 0 spiro atoms. The van der Waals surface area contributed by atoms with E-state index < -0.39 is 46.8 Å². The van der Waals surface area contributed by atoms with Crippen LogP contribution in [0.15, 0.2) is 101 Å². The summed E-state index contributed by atoms with van der Waals surface area (Å²) in [7, 11) is -10.9. The SMILES string of the molecule is CC1(C)CCC(CN2CCN(c3ccc(C(=O)NS(=O)(=O)c4ccc(NCC5CNC5)c(S(=O)(=O)C(F)(F)F)c4)c(Oc4cnc5[nH]ccc5c4)c3)CC2)=C(c2ccc(Cl)cc2)C1. The first kappa shape index (κ1) is 44.5. The van der Waals surface area contributed by atoms with E-state index in [4.69, 9.17) is 16.3 Å². The van der Waals surface area contributed by atoms with Gasteiger partial charge < -0.3 is 25.3 Å². The van der Waals surface area contributed by atoms with E-state index in [1.54, 1.807) is 30.5 Å². The van der Waals surface area contributed by atoms with Crippen molar-refractivity contribution in [3.8, 4) is 11.5 Å². The summed E-state index contributed by atoms with van der Waals surface area (Å²) in [6.07, 6.45) is 6.23. The predicted molar refractivity (Wildman–Crippen MR) is 236 cm³/mol. The van der Waals surface area contributed by atoms with Crippen LogP contribution in [-0.4, -0.2) is 95.5 Å². The number of carbonyl (C=O) groups is 1. The third-order valence-corrected chi connectivity index (χ3v) is 15.0. The first-order valence-corrected chi connectivity index (χ1v) is 23.9. The van der Waals surface area contributed by atoms with Crippen molar-refractivity contribution >= 4 is 65.3 Å². The Morgan fingerprint density at radius 2 is 1.71 bits per heavy atom. The largest absolute Gasteiger partial charge is 0.501 e. The van der Waals surface area contributed by atoms with Crippen LogP contribution < -0.4 is 25.0 Å². The Bertz CT molecular complexity index is 2790. The Labute approximate surface area is 369 Å². The lowest BCUT2D eigenvalue weighted by Gasteiger charge is -2.39. The lowest BCUT2D eigenvalue weighted by Crippen LogP contribution is -2.47. The van der Waals surface area contributed by atoms with E-state index in [-0.39, 0.29) is 34.9 Å². The van der Waals surface area contributed by atoms with E-state index in [0.29, 0.717) is 48.6 Å². The average Bonchev–Trinajstić information content (AvgIpc) is 3.69. The quantitative estimate of drug-likeness (QED) is 0.0910. The van der Waals surface area contributed by atoms with E-state index in [0.717, 1.165) is 56.4 Å². The lowest BCUT2D eigenvalue weighted by molar-refractivity contribution is -0.0435. The van der Waals surface area contributed by atoms with Crippen molar-refractivity contribution in [3.63, 3.8) is 0 Å². The number of carbonyl (C=O) groups excluding carboxylic acids is 1. The molecule has 4 N–H and O–H groups in total. The van der Waals surface area contributed by atoms with Crippen molar-refractivity contribution in [1.29, 1.82) is 0 Å². The number of sulfone groups is 1. The number of allylic oxidation sites excluding steroid dienone is 1. The zero-order valence-electron chi connectivity index (χ0n) is 34.6. The number of aromatic nitrogens is 2. The Balaban J connectivity index is 1.04. The van der Waals surface area contributed by atoms with Crippen LogP contribution in [0.4, 0.5) is 24.5 Å². The summed E-state index contributed by atoms with van der Waals surface area (Å²) in [4.78, 5) is 23.7. The summed E-state index contributed by atoms with van der Waals surface area (Å²) >= 11 is 6.22. The minimum Gasteiger partial charge on any atom is -0.455 e. The standard InChI is InChI=1S/C44H47ClF3N7O6S2/c1-43(2)13-11-31(37(22-43)29-3-5-32(45)6-4-29)27-54-15-17-55(18-16-54)33-7-9-36(39(20-33)61-34-19-30-12-14-50-41(30)52-26-34)42(56)53-63(59,60)35-8-10-38(51-25-28-23-49-24-28)40(21-35)62(57,58)44(46,47)48/h3-10,12,14,19-21,26,28,49,51H,11,13,15-18,22-25,27H2,1-2H3,(H,50,52)(H,53,56). The number of hydrogen-bond donors (Lipinski definition) is 4. The molecular weight excluding hydrogens is 879 g/mol. The van der Waals surface area contributed by atoms with Crippen molar-refractivity contribution in [1.82, 2.24) is 24.9 Å². The van der Waals surface area contributed by atoms with Crippen molar-refractivity contribution in [2.45, 2.75) is 48.4 Å². The van der Waals surface area contributed by atoms with Gasteiger partial charge in [0.25, 0.3) is 25.8 Å². The third kappa shape index (κ3) is 9.84. The monoisotopic (exact) mass is 925 g/mol. The van der Waals surface area contributed by atoms with Gasteiger partial charge in [-0.05, 0) is 90.4 Å². The van der Waals surface area contributed by atoms with Gasteiger partial charge in [0, 0.05) is 86.6 Å². The minimum absolute atomic E-state index is 0.00716. The fraction of sp³-hybridized carbons (Fsp3) is 0.364. The molecule has 19 heteroatoms. The van der Waals surface area contributed by atoms with Gasteiger partial charge in [-0.1, -0.05) is 43.2 Å². The van der Waals surface area contributed by atoms with Gasteiger partial charge in [-0.2, -0.15) is 13.2 Å². The first-order valence-electron chi connectivity index (χ1n) is 20.5. The van der Waals surface area contributed by atoms with Crippen LogP contribution >= 0.6 is 11.6 Å². The fourth-order valence-corrected chi connectivity index (χ4v) is 10.3. The molecule has 0 unspecified atom stereocenters. The Morgan fingerprint density at radius 3 is 2.41 bits per heavy atom. The second-order valence-electron chi connectivity index (χ2n) is 17.0. The molecule has 3 aliphatic rings. The number of nitrogens with zero attached hydrogens (tertiary/aromatic N) is 3. The average molecular weight is 926 g/mol. The molecular formula is C44H47ClF3N7O6S2. The second-order valence-corrected chi connectivity index (χ2v) is 21.0. The Kier molecular flexibility index (Phi) is 12.3. The highest BCUT2D eigenvalue weighted by atomic mass is 35.5. The number of aromatic amines is 1. The summed E-state index contributed by atoms with van der Waals surface area (Å²) < 4.78 is 102. The van der Waals surface area contributed by atoms with Crippen molar-refractivity contribution in [3.05, 3.63) is 107 Å². The number of fused-ring (bicyclic) bond motifs is 1. The highest BCUT2D eigenvalue weighted by Crippen LogP contribution is 2.44. The molecule has 0 radical (unpaired) electrons. The van der Waals surface area contributed by atoms with Crippen LogP contribution in [0, 0.1) is 11.3 Å². The van der Waals surface area contributed by atoms with Crippen molar-refractivity contribution < 1.29 is 39.5 Å². The molecule has 0 bridgehead atoms. The number of pyridine rings is 1. The Morgan fingerprint density at radius 1 is 0.968 bits per heavy atom. The van der Waals surface area contributed by atoms with Gasteiger partial charge in [-0.15, -0.1) is 0 Å². The summed E-state index contributed by atoms with van der Waals surface area (Å²) in [5, 5.41) is 7.14. The predicted octanol–water partition coefficient (Wildman–Crippen LogP) is 7.84. The van der Waals surface area contributed by atoms with Gasteiger partial charge in [0.15, 0.2) is 0 Å². The number of rotatable bonds is 13. The van der Waals surface area contributed by atoms with Crippen LogP contribution in [0.25, 0.3) is 16.6 Å². The number of ether oxygens (including phenoxy) is 1. The fourth-order valence-electron chi connectivity index (χ4n) is 8.13. The maximum absolute atomic E-state index is 13.9. The van der Waals surface area contributed by atoms with Crippen LogP contribution in [0.1, 0.15) is 49.0 Å². The number of piperazine rings is 1. The highest BCUT2D eigenvalue weighted by molar-refractivity contribution is 7.92. The molecule has 3 aromatic carbocycles. The first-order chi connectivity index (χ1) is 29.8. The topological polar surface area (TPSA) is 166 Å². The van der Waals surface area contributed by atoms with E-state index in [1.165, 1.54) is 29.0 Å². The molecule has 2 aromatic heterocycles. The summed E-state index contributed by atoms with van der Waals surface area (Å²) in [5.74, 6) is -0.872. The van der Waals surface area contributed by atoms with Crippen molar-refractivity contribution in [2.75, 3.05) is 62.6 Å². The number of alkyl halides is 3. The van der Waals surface area contributed by atoms with Gasteiger partial charge in [0.1, 0.15) is 22.0 Å². The maximum Gasteiger partial charge on any atom is 0.501 e. The Hall–Kier alpha value is -5.14. The molecule has 0 saturated carbocycles. The van der Waals surface area contributed by atoms with E-state index in [2.05, 4.69) is 56.4 Å². The number of sulfonamides is 1. The molecule has 5 aromatic rings. The number of H-pyrrole nitrogens is 1. The van der Waals surface area contributed by atoms with E-state index >= 15 is 0 Å². The normalized spacial score (nSPS) is 17.7. The van der Waals surface area contributed by atoms with Gasteiger partial charge in [-0.3, -0.25) is 9.69 Å². The van der Waals surface area contributed by atoms with Crippen LogP contribution in [-0.2, 0) is 19.9 Å². The number of benzene rings is 3. The summed E-state index contributed by atoms with van der Waals surface area (Å²) in [5.41, 5.74) is -0.861. The lowest BCUT2D eigenvalue weighted by atomic mass is 9.72. The van der Waals surface area contributed by atoms with Gasteiger partial charge in [-0.25, -0.2) is 26.5 Å². The van der Waals surface area contributed by atoms with Gasteiger partial charge >= 0.3 is 5.51 Å². The molecule has 63 heavy (non-hydrogen) atoms. The van der Waals surface area contributed by atoms with Crippen LogP contribution in [0.2, 0.25) is 5.02 Å². The van der Waals surface area contributed by atoms with Crippen molar-refractivity contribution in [2.24, 2.45) is 11.3 Å². The number of hydrogen-bond acceptors (Lipinski definition) is 11. The summed E-state index contributed by atoms with van der Waals surface area (Å²) in [6.45, 7) is 9.56. The maximum atomic E-state index is 13.9. The molecule has 2 fully saturated rings. The summed E-state index contributed by atoms with van der Waals surface area (Å²) in [6, 6.07) is 18.5. The van der Waals surface area contributed by atoms with E-state index in [1.807, 2.05) is 16.9 Å². The van der Waals surface area contributed by atoms with Crippen LogP contribution in [0.3, 0.4) is 0 Å². The molecule has 8 rings (SSSR count). The molecule has 0 atom stereocenters. The van der Waals surface area contributed by atoms with Gasteiger partial charge in [0.05, 0.1) is 22.3 Å². The molecule has 1 amide bonds. The number of halogens is 4. The molecule has 334 valence electrons. The van der Waals surface area contributed by atoms with Crippen LogP contribution in [0.5, 0.6) is 11.5 Å². The van der Waals surface area contributed by atoms with Gasteiger partial charge in [0.2, 0.25) is 0 Å². The minimum atomic E-state index is -6.00. The molecule has 13 nitrogen and oxygen atoms in total. The molecule has 2 saturated heterocycles. The number of anilines is 2. The number of nitrogens with one attached hydrogen (secondary N) is 4. The molecule has 2 aliphatic heterocycles. The highest BCUT2D eigenvalue weighted by Gasteiger charge is 2.48. The third-order valence-electron chi connectivity index (χ3n) is 11.9. The zero-order chi connectivity index (χ0) is 44.7. The number of amides is 1. The molecule has 1 aliphatic carbocycles. The second kappa shape index (κ2) is 17.4. The zero-order valence-corrected chi connectivity index (χ0v) is 36.9. The molecule has 4 heterocycles. The smallest absolute Gasteiger partial charge is 0.455 e. The van der Waals surface area contributed by atoms with E-state index in [9.17, 15) is 34.8 Å².